The number of nitrogens with one attached hydrogen (secondary N) is 1. The van der Waals surface area contributed by atoms with Gasteiger partial charge in [-0.3, -0.25) is 4.79 Å². The zero-order valence-electron chi connectivity index (χ0n) is 19.1. The van der Waals surface area contributed by atoms with Crippen molar-refractivity contribution in [3.8, 4) is 0 Å². The number of rotatable bonds is 10. The molecule has 2 N–H and O–H groups in total. The topological polar surface area (TPSA) is 112 Å². The fraction of sp³-hybridized carbons (Fsp3) is 0.222. The Labute approximate surface area is 200 Å². The van der Waals surface area contributed by atoms with Crippen LogP contribution in [0.15, 0.2) is 94.7 Å². The van der Waals surface area contributed by atoms with Crippen molar-refractivity contribution in [3.63, 3.8) is 0 Å². The van der Waals surface area contributed by atoms with Crippen molar-refractivity contribution in [2.45, 2.75) is 48.8 Å². The van der Waals surface area contributed by atoms with Crippen LogP contribution in [0.1, 0.15) is 59.7 Å². The monoisotopic (exact) mass is 479 g/mol. The molecule has 178 valence electrons. The second-order valence-corrected chi connectivity index (χ2v) is 9.58. The van der Waals surface area contributed by atoms with Gasteiger partial charge in [0.2, 0.25) is 15.6 Å². The molecular weight excluding hydrogens is 450 g/mol. The van der Waals surface area contributed by atoms with Crippen LogP contribution < -0.4 is 0 Å². The average Bonchev–Trinajstić information content (AvgIpc) is 2.87. The number of carboxylic acid groups (broad SMARTS) is 1. The Morgan fingerprint density at radius 2 is 1.26 bits per heavy atom. The molecule has 0 aliphatic rings. The third kappa shape index (κ3) is 7.78. The van der Waals surface area contributed by atoms with Gasteiger partial charge in [-0.25, -0.2) is 13.2 Å². The summed E-state index contributed by atoms with van der Waals surface area (Å²) in [6.07, 6.45) is 4.52. The lowest BCUT2D eigenvalue weighted by Gasteiger charge is -2.07. The number of ketones is 1. The van der Waals surface area contributed by atoms with Crippen molar-refractivity contribution in [3.05, 3.63) is 96.1 Å². The third-order valence-corrected chi connectivity index (χ3v) is 6.84. The molecule has 34 heavy (non-hydrogen) atoms. The number of unbranched alkanes of at least 4 members (excludes halogenated alkanes) is 3. The third-order valence-electron chi connectivity index (χ3n) is 5.06. The lowest BCUT2D eigenvalue weighted by atomic mass is 10.0. The minimum atomic E-state index is -3.59. The first-order valence-corrected chi connectivity index (χ1v) is 12.6. The van der Waals surface area contributed by atoms with E-state index in [2.05, 4.69) is 6.92 Å². The predicted octanol–water partition coefficient (Wildman–Crippen LogP) is 6.08. The molecule has 0 atom stereocenters. The summed E-state index contributed by atoms with van der Waals surface area (Å²) in [7, 11) is -3.59. The Morgan fingerprint density at radius 3 is 1.76 bits per heavy atom. The molecule has 0 unspecified atom stereocenters. The van der Waals surface area contributed by atoms with Gasteiger partial charge in [0, 0.05) is 5.56 Å². The lowest BCUT2D eigenvalue weighted by molar-refractivity contribution is 0.0696. The Hall–Kier alpha value is -3.58. The SMILES string of the molecule is CCCCCCC(=N)C(=O)c1ccc(S(=O)(=O)c2ccccc2)cc1.O=C(O)c1ccccc1. The Bertz CT molecular complexity index is 1190. The summed E-state index contributed by atoms with van der Waals surface area (Å²) in [5, 5.41) is 16.3. The molecule has 6 nitrogen and oxygen atoms in total. The lowest BCUT2D eigenvalue weighted by Crippen LogP contribution is -2.13. The fourth-order valence-electron chi connectivity index (χ4n) is 3.12. The highest BCUT2D eigenvalue weighted by Crippen LogP contribution is 2.21. The summed E-state index contributed by atoms with van der Waals surface area (Å²) in [4.78, 5) is 22.8. The maximum Gasteiger partial charge on any atom is 0.335 e. The van der Waals surface area contributed by atoms with Crippen molar-refractivity contribution in [2.75, 3.05) is 0 Å². The van der Waals surface area contributed by atoms with Crippen LogP contribution in [-0.4, -0.2) is 31.0 Å². The number of sulfone groups is 1. The van der Waals surface area contributed by atoms with Gasteiger partial charge in [0.1, 0.15) is 0 Å². The first kappa shape index (κ1) is 26.7. The van der Waals surface area contributed by atoms with Crippen molar-refractivity contribution in [2.24, 2.45) is 0 Å². The van der Waals surface area contributed by atoms with E-state index < -0.39 is 15.8 Å². The van der Waals surface area contributed by atoms with Crippen molar-refractivity contribution in [1.29, 1.82) is 5.41 Å². The molecule has 0 amide bonds. The molecule has 3 aromatic carbocycles. The molecule has 7 heteroatoms. The van der Waals surface area contributed by atoms with Crippen LogP contribution in [0, 0.1) is 5.41 Å². The van der Waals surface area contributed by atoms with Crippen LogP contribution in [0.25, 0.3) is 0 Å². The average molecular weight is 480 g/mol. The quantitative estimate of drug-likeness (QED) is 0.208. The minimum Gasteiger partial charge on any atom is -0.478 e. The maximum absolute atomic E-state index is 12.5. The van der Waals surface area contributed by atoms with E-state index in [-0.39, 0.29) is 21.3 Å². The molecule has 0 saturated carbocycles. The highest BCUT2D eigenvalue weighted by Gasteiger charge is 2.18. The second kappa shape index (κ2) is 13.2. The van der Waals surface area contributed by atoms with Crippen molar-refractivity contribution in [1.82, 2.24) is 0 Å². The van der Waals surface area contributed by atoms with E-state index in [9.17, 15) is 18.0 Å². The molecule has 0 radical (unpaired) electrons. The van der Waals surface area contributed by atoms with Gasteiger partial charge in [-0.05, 0) is 61.4 Å². The van der Waals surface area contributed by atoms with E-state index in [0.29, 0.717) is 17.5 Å². The summed E-state index contributed by atoms with van der Waals surface area (Å²) < 4.78 is 25.0. The first-order chi connectivity index (χ1) is 16.3. The molecule has 3 aromatic rings. The van der Waals surface area contributed by atoms with E-state index in [1.54, 1.807) is 60.7 Å². The smallest absolute Gasteiger partial charge is 0.335 e. The van der Waals surface area contributed by atoms with E-state index in [1.807, 2.05) is 0 Å². The molecule has 0 aliphatic heterocycles. The van der Waals surface area contributed by atoms with Gasteiger partial charge in [-0.2, -0.15) is 0 Å². The molecule has 0 aliphatic carbocycles. The Balaban J connectivity index is 0.000000379. The van der Waals surface area contributed by atoms with Gasteiger partial charge < -0.3 is 10.5 Å². The molecular formula is C27H29NO5S. The number of hydrogen-bond acceptors (Lipinski definition) is 5. The number of Topliss-reactive ketones (excluding diaryl/α,β-unsaturated/α-hetero) is 1. The normalized spacial score (nSPS) is 10.6. The molecule has 0 aromatic heterocycles. The summed E-state index contributed by atoms with van der Waals surface area (Å²) in [6.45, 7) is 2.11. The van der Waals surface area contributed by atoms with Gasteiger partial charge in [-0.1, -0.05) is 62.6 Å². The van der Waals surface area contributed by atoms with Crippen LogP contribution in [0.2, 0.25) is 0 Å². The van der Waals surface area contributed by atoms with Crippen LogP contribution in [0.5, 0.6) is 0 Å². The molecule has 0 spiro atoms. The Morgan fingerprint density at radius 1 is 0.735 bits per heavy atom. The van der Waals surface area contributed by atoms with E-state index in [0.717, 1.165) is 25.7 Å². The molecule has 3 rings (SSSR count). The van der Waals surface area contributed by atoms with Gasteiger partial charge in [-0.15, -0.1) is 0 Å². The number of benzene rings is 3. The molecule has 0 bridgehead atoms. The van der Waals surface area contributed by atoms with Gasteiger partial charge in [0.05, 0.1) is 21.1 Å². The maximum atomic E-state index is 12.5. The van der Waals surface area contributed by atoms with Crippen molar-refractivity contribution < 1.29 is 23.1 Å². The van der Waals surface area contributed by atoms with Crippen LogP contribution >= 0.6 is 0 Å². The summed E-state index contributed by atoms with van der Waals surface area (Å²) in [5.41, 5.74) is 0.764. The molecule has 0 fully saturated rings. The van der Waals surface area contributed by atoms with Crippen LogP contribution in [0.3, 0.4) is 0 Å². The summed E-state index contributed by atoms with van der Waals surface area (Å²) in [5.74, 6) is -1.21. The summed E-state index contributed by atoms with van der Waals surface area (Å²) >= 11 is 0. The number of aromatic carboxylic acids is 1. The number of carbonyl (C=O) groups is 2. The van der Waals surface area contributed by atoms with Gasteiger partial charge in [0.25, 0.3) is 0 Å². The summed E-state index contributed by atoms with van der Waals surface area (Å²) in [6, 6.07) is 22.3. The molecule has 0 saturated heterocycles. The van der Waals surface area contributed by atoms with Crippen molar-refractivity contribution >= 4 is 27.3 Å². The predicted molar refractivity (Wildman–Crippen MR) is 133 cm³/mol. The highest BCUT2D eigenvalue weighted by molar-refractivity contribution is 7.91. The first-order valence-electron chi connectivity index (χ1n) is 11.1. The van der Waals surface area contributed by atoms with Gasteiger partial charge in [0.15, 0.2) is 0 Å². The standard InChI is InChI=1S/C20H23NO3S.C7H6O2/c1-2-3-4-8-11-19(21)20(22)16-12-14-18(15-13-16)25(23,24)17-9-6-5-7-10-17;8-7(9)6-4-2-1-3-5-6/h5-7,9-10,12-15,21H,2-4,8,11H2,1H3;1-5H,(H,8,9). The van der Waals surface area contributed by atoms with E-state index >= 15 is 0 Å². The zero-order valence-corrected chi connectivity index (χ0v) is 19.9. The van der Waals surface area contributed by atoms with E-state index in [4.69, 9.17) is 10.5 Å². The largest absolute Gasteiger partial charge is 0.478 e. The fourth-order valence-corrected chi connectivity index (χ4v) is 4.40. The van der Waals surface area contributed by atoms with Crippen LogP contribution in [-0.2, 0) is 9.84 Å². The highest BCUT2D eigenvalue weighted by atomic mass is 32.2. The minimum absolute atomic E-state index is 0.0785. The molecule has 0 heterocycles. The Kier molecular flexibility index (Phi) is 10.4. The van der Waals surface area contributed by atoms with E-state index in [1.165, 1.54) is 24.3 Å². The number of carbonyl (C=O) groups excluding carboxylic acids is 1. The second-order valence-electron chi connectivity index (χ2n) is 7.63. The zero-order chi connectivity index (χ0) is 25.0. The van der Waals surface area contributed by atoms with Crippen LogP contribution in [0.4, 0.5) is 0 Å². The number of hydrogen-bond donors (Lipinski definition) is 2. The van der Waals surface area contributed by atoms with Gasteiger partial charge >= 0.3 is 5.97 Å². The number of carboxylic acids is 1.